The predicted molar refractivity (Wildman–Crippen MR) is 133 cm³/mol. The van der Waals surface area contributed by atoms with Gasteiger partial charge >= 0.3 is 5.97 Å². The van der Waals surface area contributed by atoms with E-state index in [0.717, 1.165) is 83.7 Å². The lowest BCUT2D eigenvalue weighted by Gasteiger charge is -2.39. The zero-order chi connectivity index (χ0) is 24.3. The summed E-state index contributed by atoms with van der Waals surface area (Å²) in [5, 5.41) is 9.50. The fourth-order valence-electron chi connectivity index (χ4n) is 4.22. The molecule has 33 heavy (non-hydrogen) atoms. The Kier molecular flexibility index (Phi) is 18.0. The topological polar surface area (TPSA) is 71.5 Å². The van der Waals surface area contributed by atoms with E-state index in [1.54, 1.807) is 14.2 Å². The molecule has 0 aromatic carbocycles. The number of carbonyl (C=O) groups excluding carboxylic acids is 1. The molecule has 0 radical (unpaired) electrons. The van der Waals surface area contributed by atoms with Gasteiger partial charge in [0.15, 0.2) is 6.29 Å². The van der Waals surface area contributed by atoms with Crippen molar-refractivity contribution in [2.45, 2.75) is 96.8 Å². The summed E-state index contributed by atoms with van der Waals surface area (Å²) in [7, 11) is 3.37. The number of aliphatic hydroxyl groups excluding tert-OH is 1. The molecule has 1 rings (SSSR count). The van der Waals surface area contributed by atoms with Crippen molar-refractivity contribution in [1.82, 2.24) is 9.80 Å². The van der Waals surface area contributed by atoms with E-state index >= 15 is 0 Å². The van der Waals surface area contributed by atoms with Crippen LogP contribution in [-0.4, -0.2) is 93.4 Å². The van der Waals surface area contributed by atoms with Crippen LogP contribution < -0.4 is 0 Å². The SMILES string of the molecule is COC(CCCCCN(CCO)CCN(CCCCCC(=O)OCC(C)C)C1CCC1)OC. The summed E-state index contributed by atoms with van der Waals surface area (Å²) < 4.78 is 15.8. The zero-order valence-electron chi connectivity index (χ0n) is 21.9. The maximum atomic E-state index is 11.8. The summed E-state index contributed by atoms with van der Waals surface area (Å²) in [5.41, 5.74) is 0. The Morgan fingerprint density at radius 1 is 0.909 bits per heavy atom. The Labute approximate surface area is 203 Å². The monoisotopic (exact) mass is 472 g/mol. The molecule has 0 saturated heterocycles. The van der Waals surface area contributed by atoms with E-state index in [4.69, 9.17) is 14.2 Å². The number of ether oxygens (including phenoxy) is 3. The Bertz CT molecular complexity index is 470. The highest BCUT2D eigenvalue weighted by atomic mass is 16.7. The van der Waals surface area contributed by atoms with Crippen LogP contribution in [0.5, 0.6) is 0 Å². The molecule has 1 aliphatic rings. The second kappa shape index (κ2) is 19.6. The van der Waals surface area contributed by atoms with E-state index in [-0.39, 0.29) is 18.9 Å². The quantitative estimate of drug-likeness (QED) is 0.145. The Hall–Kier alpha value is -0.730. The first-order chi connectivity index (χ1) is 16.0. The molecule has 1 N–H and O–H groups in total. The van der Waals surface area contributed by atoms with E-state index in [0.29, 0.717) is 18.9 Å². The number of unbranched alkanes of at least 4 members (excludes halogenated alkanes) is 4. The Morgan fingerprint density at radius 3 is 2.21 bits per heavy atom. The van der Waals surface area contributed by atoms with E-state index in [1.165, 1.54) is 19.3 Å². The van der Waals surface area contributed by atoms with Crippen LogP contribution in [0.15, 0.2) is 0 Å². The average Bonchev–Trinajstić information content (AvgIpc) is 2.76. The molecule has 0 spiro atoms. The van der Waals surface area contributed by atoms with Gasteiger partial charge in [-0.15, -0.1) is 0 Å². The third-order valence-electron chi connectivity index (χ3n) is 6.55. The van der Waals surface area contributed by atoms with Gasteiger partial charge in [0, 0.05) is 46.3 Å². The number of nitrogens with zero attached hydrogens (tertiary/aromatic N) is 2. The van der Waals surface area contributed by atoms with Gasteiger partial charge in [0.25, 0.3) is 0 Å². The Balaban J connectivity index is 2.25. The lowest BCUT2D eigenvalue weighted by atomic mass is 9.91. The van der Waals surface area contributed by atoms with Gasteiger partial charge in [0.2, 0.25) is 0 Å². The van der Waals surface area contributed by atoms with E-state index in [9.17, 15) is 9.90 Å². The number of carbonyl (C=O) groups is 1. The molecular weight excluding hydrogens is 420 g/mol. The molecule has 1 aliphatic carbocycles. The molecule has 0 bridgehead atoms. The molecule has 0 aliphatic heterocycles. The lowest BCUT2D eigenvalue weighted by molar-refractivity contribution is -0.144. The van der Waals surface area contributed by atoms with Gasteiger partial charge < -0.3 is 19.3 Å². The van der Waals surface area contributed by atoms with E-state index in [2.05, 4.69) is 23.6 Å². The van der Waals surface area contributed by atoms with Crippen molar-refractivity contribution >= 4 is 5.97 Å². The van der Waals surface area contributed by atoms with Crippen molar-refractivity contribution in [2.24, 2.45) is 5.92 Å². The summed E-state index contributed by atoms with van der Waals surface area (Å²) in [6, 6.07) is 0.719. The molecular formula is C26H52N2O5. The molecule has 0 unspecified atom stereocenters. The van der Waals surface area contributed by atoms with Gasteiger partial charge in [-0.25, -0.2) is 0 Å². The van der Waals surface area contributed by atoms with E-state index in [1.807, 2.05) is 0 Å². The van der Waals surface area contributed by atoms with E-state index < -0.39 is 0 Å². The predicted octanol–water partition coefficient (Wildman–Crippen LogP) is 4.07. The van der Waals surface area contributed by atoms with Crippen molar-refractivity contribution in [3.05, 3.63) is 0 Å². The maximum absolute atomic E-state index is 11.8. The minimum Gasteiger partial charge on any atom is -0.465 e. The molecule has 0 atom stereocenters. The first kappa shape index (κ1) is 30.3. The third-order valence-corrected chi connectivity index (χ3v) is 6.55. The molecule has 0 heterocycles. The van der Waals surface area contributed by atoms with Gasteiger partial charge in [-0.1, -0.05) is 33.1 Å². The minimum atomic E-state index is -0.0970. The highest BCUT2D eigenvalue weighted by Crippen LogP contribution is 2.25. The van der Waals surface area contributed by atoms with Gasteiger partial charge in [-0.05, 0) is 64.0 Å². The number of hydrogen-bond donors (Lipinski definition) is 1. The summed E-state index contributed by atoms with van der Waals surface area (Å²) in [4.78, 5) is 16.8. The van der Waals surface area contributed by atoms with Crippen LogP contribution in [0.2, 0.25) is 0 Å². The van der Waals surface area contributed by atoms with Crippen LogP contribution >= 0.6 is 0 Å². The van der Waals surface area contributed by atoms with Crippen LogP contribution in [0, 0.1) is 5.92 Å². The van der Waals surface area contributed by atoms with Crippen LogP contribution in [0.25, 0.3) is 0 Å². The normalized spacial score (nSPS) is 14.6. The second-order valence-electron chi connectivity index (χ2n) is 9.82. The fraction of sp³-hybridized carbons (Fsp3) is 0.962. The molecule has 0 aromatic heterocycles. The van der Waals surface area contributed by atoms with Crippen LogP contribution in [0.1, 0.15) is 84.5 Å². The first-order valence-electron chi connectivity index (χ1n) is 13.3. The standard InChI is InChI=1S/C26H52N2O5/c1-23(2)22-33-25(30)14-7-5-10-17-28(24-12-11-13-24)19-18-27(20-21-29)16-9-6-8-15-26(31-3)32-4/h23-24,26,29H,5-22H2,1-4H3. The first-order valence-corrected chi connectivity index (χ1v) is 13.3. The number of methoxy groups -OCH3 is 2. The molecule has 0 aromatic rings. The molecule has 0 amide bonds. The summed E-state index contributed by atoms with van der Waals surface area (Å²) in [5.74, 6) is 0.341. The maximum Gasteiger partial charge on any atom is 0.305 e. The van der Waals surface area contributed by atoms with Crippen LogP contribution in [-0.2, 0) is 19.0 Å². The largest absolute Gasteiger partial charge is 0.465 e. The molecule has 1 fully saturated rings. The fourth-order valence-corrected chi connectivity index (χ4v) is 4.22. The third kappa shape index (κ3) is 15.0. The molecule has 7 heteroatoms. The highest BCUT2D eigenvalue weighted by Gasteiger charge is 2.24. The van der Waals surface area contributed by atoms with Gasteiger partial charge in [-0.3, -0.25) is 14.6 Å². The number of hydrogen-bond acceptors (Lipinski definition) is 7. The highest BCUT2D eigenvalue weighted by molar-refractivity contribution is 5.69. The smallest absolute Gasteiger partial charge is 0.305 e. The summed E-state index contributed by atoms with van der Waals surface area (Å²) in [6.07, 6.45) is 11.8. The Morgan fingerprint density at radius 2 is 1.61 bits per heavy atom. The zero-order valence-corrected chi connectivity index (χ0v) is 21.9. The lowest BCUT2D eigenvalue weighted by Crippen LogP contribution is -2.45. The second-order valence-corrected chi connectivity index (χ2v) is 9.82. The molecule has 7 nitrogen and oxygen atoms in total. The minimum absolute atomic E-state index is 0.0563. The van der Waals surface area contributed by atoms with Gasteiger partial charge in [0.1, 0.15) is 0 Å². The molecule has 1 saturated carbocycles. The van der Waals surface area contributed by atoms with Crippen molar-refractivity contribution in [3.63, 3.8) is 0 Å². The van der Waals surface area contributed by atoms with Crippen molar-refractivity contribution < 1.29 is 24.1 Å². The summed E-state index contributed by atoms with van der Waals surface area (Å²) in [6.45, 7) is 9.82. The molecule has 196 valence electrons. The number of esters is 1. The van der Waals surface area contributed by atoms with Crippen molar-refractivity contribution in [1.29, 1.82) is 0 Å². The van der Waals surface area contributed by atoms with Gasteiger partial charge in [0.05, 0.1) is 13.2 Å². The van der Waals surface area contributed by atoms with Crippen LogP contribution in [0.3, 0.4) is 0 Å². The van der Waals surface area contributed by atoms with Crippen molar-refractivity contribution in [2.75, 3.05) is 60.2 Å². The van der Waals surface area contributed by atoms with Crippen LogP contribution in [0.4, 0.5) is 0 Å². The van der Waals surface area contributed by atoms with Crippen molar-refractivity contribution in [3.8, 4) is 0 Å². The van der Waals surface area contributed by atoms with Gasteiger partial charge in [-0.2, -0.15) is 0 Å². The number of aliphatic hydroxyl groups is 1. The summed E-state index contributed by atoms with van der Waals surface area (Å²) >= 11 is 0. The average molecular weight is 473 g/mol. The number of rotatable bonds is 22.